The third-order valence-corrected chi connectivity index (χ3v) is 2.12. The number of methoxy groups -OCH3 is 1. The number of ether oxygens (including phenoxy) is 2. The highest BCUT2D eigenvalue weighted by molar-refractivity contribution is 6.33. The lowest BCUT2D eigenvalue weighted by atomic mass is 10.2. The lowest BCUT2D eigenvalue weighted by molar-refractivity contribution is 0.311. The molecule has 0 heterocycles. The lowest BCUT2D eigenvalue weighted by Gasteiger charge is -2.10. The Morgan fingerprint density at radius 3 is 2.73 bits per heavy atom. The molecule has 2 N–H and O–H groups in total. The van der Waals surface area contributed by atoms with Crippen LogP contribution in [0.5, 0.6) is 11.5 Å². The molecule has 0 aliphatic heterocycles. The lowest BCUT2D eigenvalue weighted by Crippen LogP contribution is -1.97. The van der Waals surface area contributed by atoms with Gasteiger partial charge in [-0.1, -0.05) is 11.6 Å². The molecule has 1 aromatic carbocycles. The molecule has 82 valence electrons. The van der Waals surface area contributed by atoms with Crippen LogP contribution in [0.25, 0.3) is 0 Å². The van der Waals surface area contributed by atoms with Crippen molar-refractivity contribution < 1.29 is 9.47 Å². The summed E-state index contributed by atoms with van der Waals surface area (Å²) in [6.07, 6.45) is 1.46. The van der Waals surface area contributed by atoms with Gasteiger partial charge in [0.15, 0.2) is 11.5 Å². The minimum absolute atomic E-state index is 0.518. The largest absolute Gasteiger partial charge is 0.493 e. The molecule has 0 atom stereocenters. The normalized spacial score (nSPS) is 10.6. The number of halogens is 1. The van der Waals surface area contributed by atoms with Gasteiger partial charge in [-0.2, -0.15) is 5.10 Å². The maximum Gasteiger partial charge on any atom is 0.162 e. The molecule has 1 rings (SSSR count). The van der Waals surface area contributed by atoms with Gasteiger partial charge < -0.3 is 15.3 Å². The summed E-state index contributed by atoms with van der Waals surface area (Å²) in [6.45, 7) is 2.45. The second-order valence-corrected chi connectivity index (χ2v) is 3.14. The molecule has 5 heteroatoms. The summed E-state index contributed by atoms with van der Waals surface area (Å²) in [4.78, 5) is 0. The number of nitrogens with two attached hydrogens (primary N) is 1. The van der Waals surface area contributed by atoms with Crippen LogP contribution >= 0.6 is 11.6 Å². The van der Waals surface area contributed by atoms with Crippen LogP contribution in [0.3, 0.4) is 0 Å². The second-order valence-electron chi connectivity index (χ2n) is 2.74. The smallest absolute Gasteiger partial charge is 0.162 e. The SMILES string of the molecule is CCOc1cc(C=NN)c(Cl)cc1OC. The summed E-state index contributed by atoms with van der Waals surface area (Å²) in [5, 5.41) is 3.94. The average molecular weight is 229 g/mol. The van der Waals surface area contributed by atoms with E-state index in [9.17, 15) is 0 Å². The van der Waals surface area contributed by atoms with Crippen molar-refractivity contribution in [2.24, 2.45) is 10.9 Å². The third kappa shape index (κ3) is 2.76. The molecule has 0 aromatic heterocycles. The van der Waals surface area contributed by atoms with E-state index in [1.54, 1.807) is 19.2 Å². The van der Waals surface area contributed by atoms with E-state index in [0.717, 1.165) is 0 Å². The van der Waals surface area contributed by atoms with E-state index in [2.05, 4.69) is 5.10 Å². The summed E-state index contributed by atoms with van der Waals surface area (Å²) in [7, 11) is 1.56. The van der Waals surface area contributed by atoms with Crippen molar-refractivity contribution in [3.05, 3.63) is 22.7 Å². The van der Waals surface area contributed by atoms with E-state index >= 15 is 0 Å². The van der Waals surface area contributed by atoms with Crippen LogP contribution in [0, 0.1) is 0 Å². The summed E-state index contributed by atoms with van der Waals surface area (Å²) < 4.78 is 10.5. The first-order valence-corrected chi connectivity index (χ1v) is 4.84. The van der Waals surface area contributed by atoms with Crippen molar-refractivity contribution in [2.45, 2.75) is 6.92 Å². The Morgan fingerprint density at radius 1 is 1.47 bits per heavy atom. The predicted molar refractivity (Wildman–Crippen MR) is 61.0 cm³/mol. The zero-order valence-electron chi connectivity index (χ0n) is 8.66. The maximum absolute atomic E-state index is 5.98. The number of rotatable bonds is 4. The maximum atomic E-state index is 5.98. The molecule has 0 fully saturated rings. The van der Waals surface area contributed by atoms with Crippen molar-refractivity contribution in [1.29, 1.82) is 0 Å². The van der Waals surface area contributed by atoms with E-state index in [1.807, 2.05) is 6.92 Å². The van der Waals surface area contributed by atoms with Crippen molar-refractivity contribution in [3.8, 4) is 11.5 Å². The Hall–Kier alpha value is -1.42. The highest BCUT2D eigenvalue weighted by atomic mass is 35.5. The Kier molecular flexibility index (Phi) is 4.24. The third-order valence-electron chi connectivity index (χ3n) is 1.80. The quantitative estimate of drug-likeness (QED) is 0.488. The zero-order valence-corrected chi connectivity index (χ0v) is 9.41. The topological polar surface area (TPSA) is 56.8 Å². The monoisotopic (exact) mass is 228 g/mol. The van der Waals surface area contributed by atoms with Gasteiger partial charge in [0.05, 0.1) is 25.0 Å². The van der Waals surface area contributed by atoms with E-state index in [1.165, 1.54) is 6.21 Å². The molecule has 0 unspecified atom stereocenters. The molecule has 15 heavy (non-hydrogen) atoms. The van der Waals surface area contributed by atoms with Crippen LogP contribution < -0.4 is 15.3 Å². The van der Waals surface area contributed by atoms with E-state index < -0.39 is 0 Å². The van der Waals surface area contributed by atoms with Gasteiger partial charge in [0.25, 0.3) is 0 Å². The highest BCUT2D eigenvalue weighted by Crippen LogP contribution is 2.32. The van der Waals surface area contributed by atoms with Gasteiger partial charge >= 0.3 is 0 Å². The van der Waals surface area contributed by atoms with E-state index in [0.29, 0.717) is 28.7 Å². The van der Waals surface area contributed by atoms with Crippen LogP contribution in [0.4, 0.5) is 0 Å². The van der Waals surface area contributed by atoms with Crippen molar-refractivity contribution in [1.82, 2.24) is 0 Å². The second kappa shape index (κ2) is 5.46. The number of hydrogen-bond donors (Lipinski definition) is 1. The first-order valence-electron chi connectivity index (χ1n) is 4.46. The number of hydrazone groups is 1. The molecule has 0 aliphatic carbocycles. The molecule has 0 saturated heterocycles. The molecule has 1 aromatic rings. The van der Waals surface area contributed by atoms with Crippen LogP contribution in [0.15, 0.2) is 17.2 Å². The molecule has 0 amide bonds. The van der Waals surface area contributed by atoms with Crippen LogP contribution in [-0.4, -0.2) is 19.9 Å². The van der Waals surface area contributed by atoms with Gasteiger partial charge in [-0.15, -0.1) is 0 Å². The summed E-state index contributed by atoms with van der Waals surface area (Å²) in [6, 6.07) is 3.41. The Balaban J connectivity index is 3.17. The average Bonchev–Trinajstić information content (AvgIpc) is 2.23. The van der Waals surface area contributed by atoms with Gasteiger partial charge in [0, 0.05) is 11.6 Å². The molecular formula is C10H13ClN2O2. The van der Waals surface area contributed by atoms with Gasteiger partial charge in [0.2, 0.25) is 0 Å². The standard InChI is InChI=1S/C10H13ClN2O2/c1-3-15-10-4-7(6-13-12)8(11)5-9(10)14-2/h4-6H,3,12H2,1-2H3. The Bertz CT molecular complexity index is 367. The molecular weight excluding hydrogens is 216 g/mol. The number of hydrogen-bond acceptors (Lipinski definition) is 4. The van der Waals surface area contributed by atoms with Crippen molar-refractivity contribution in [2.75, 3.05) is 13.7 Å². The fourth-order valence-electron chi connectivity index (χ4n) is 1.16. The minimum Gasteiger partial charge on any atom is -0.493 e. The van der Waals surface area contributed by atoms with Gasteiger partial charge in [-0.3, -0.25) is 0 Å². The Labute approximate surface area is 93.6 Å². The van der Waals surface area contributed by atoms with Crippen molar-refractivity contribution >= 4 is 17.8 Å². The van der Waals surface area contributed by atoms with Gasteiger partial charge in [-0.25, -0.2) is 0 Å². The fraction of sp³-hybridized carbons (Fsp3) is 0.300. The number of nitrogens with zero attached hydrogens (tertiary/aromatic N) is 1. The van der Waals surface area contributed by atoms with Crippen molar-refractivity contribution in [3.63, 3.8) is 0 Å². The molecule has 0 radical (unpaired) electrons. The first kappa shape index (κ1) is 11.7. The summed E-state index contributed by atoms with van der Waals surface area (Å²) >= 11 is 5.98. The van der Waals surface area contributed by atoms with Gasteiger partial charge in [-0.05, 0) is 13.0 Å². The highest BCUT2D eigenvalue weighted by Gasteiger charge is 2.08. The predicted octanol–water partition coefficient (Wildman–Crippen LogP) is 2.04. The zero-order chi connectivity index (χ0) is 11.3. The molecule has 0 saturated carbocycles. The first-order chi connectivity index (χ1) is 7.22. The molecule has 0 aliphatic rings. The molecule has 0 spiro atoms. The van der Waals surface area contributed by atoms with Gasteiger partial charge in [0.1, 0.15) is 0 Å². The van der Waals surface area contributed by atoms with Crippen LogP contribution in [-0.2, 0) is 0 Å². The number of benzene rings is 1. The van der Waals surface area contributed by atoms with E-state index in [-0.39, 0.29) is 0 Å². The fourth-order valence-corrected chi connectivity index (χ4v) is 1.36. The summed E-state index contributed by atoms with van der Waals surface area (Å²) in [5.41, 5.74) is 0.698. The van der Waals surface area contributed by atoms with Crippen LogP contribution in [0.1, 0.15) is 12.5 Å². The van der Waals surface area contributed by atoms with Crippen LogP contribution in [0.2, 0.25) is 5.02 Å². The molecule has 4 nitrogen and oxygen atoms in total. The van der Waals surface area contributed by atoms with E-state index in [4.69, 9.17) is 26.9 Å². The molecule has 0 bridgehead atoms. The minimum atomic E-state index is 0.518. The Morgan fingerprint density at radius 2 is 2.20 bits per heavy atom. The summed E-state index contributed by atoms with van der Waals surface area (Å²) in [5.74, 6) is 6.28.